The maximum absolute atomic E-state index is 12.0. The van der Waals surface area contributed by atoms with Gasteiger partial charge in [0.1, 0.15) is 0 Å². The Labute approximate surface area is 135 Å². The lowest BCUT2D eigenvalue weighted by atomic mass is 10.1. The van der Waals surface area contributed by atoms with E-state index in [0.717, 1.165) is 0 Å². The molecule has 1 aromatic carbocycles. The Kier molecular flexibility index (Phi) is 6.51. The Balaban J connectivity index is 2.96. The lowest BCUT2D eigenvalue weighted by Gasteiger charge is -2.10. The topological polar surface area (TPSA) is 106 Å². The molecule has 1 atom stereocenters. The molecule has 0 spiro atoms. The van der Waals surface area contributed by atoms with Crippen LogP contribution in [0.3, 0.4) is 0 Å². The monoisotopic (exact) mass is 396 g/mol. The molecular formula is C12H17BrN2O4S2. The number of carbonyl (C=O) groups is 1. The second kappa shape index (κ2) is 7.48. The molecule has 3 N–H and O–H groups in total. The van der Waals surface area contributed by atoms with Crippen molar-refractivity contribution in [2.45, 2.75) is 18.7 Å². The van der Waals surface area contributed by atoms with E-state index >= 15 is 0 Å². The van der Waals surface area contributed by atoms with Crippen molar-refractivity contribution in [1.82, 2.24) is 5.32 Å². The number of sulfonamides is 1. The highest BCUT2D eigenvalue weighted by Crippen LogP contribution is 2.26. The highest BCUT2D eigenvalue weighted by molar-refractivity contribution is 9.10. The van der Waals surface area contributed by atoms with Crippen LogP contribution in [0.1, 0.15) is 22.8 Å². The van der Waals surface area contributed by atoms with Crippen molar-refractivity contribution in [2.75, 3.05) is 18.1 Å². The fourth-order valence-corrected chi connectivity index (χ4v) is 3.83. The maximum atomic E-state index is 12.0. The van der Waals surface area contributed by atoms with Gasteiger partial charge in [0, 0.05) is 38.9 Å². The first kappa shape index (κ1) is 18.3. The first-order valence-electron chi connectivity index (χ1n) is 6.13. The summed E-state index contributed by atoms with van der Waals surface area (Å²) >= 11 is 3.15. The number of primary sulfonamides is 1. The Morgan fingerprint density at radius 2 is 2.05 bits per heavy atom. The summed E-state index contributed by atoms with van der Waals surface area (Å²) in [6.07, 6.45) is 0. The van der Waals surface area contributed by atoms with Gasteiger partial charge >= 0.3 is 0 Å². The van der Waals surface area contributed by atoms with Crippen molar-refractivity contribution in [3.63, 3.8) is 0 Å². The molecule has 0 aliphatic heterocycles. The Morgan fingerprint density at radius 3 is 2.57 bits per heavy atom. The first-order chi connectivity index (χ1) is 9.66. The third kappa shape index (κ3) is 5.17. The van der Waals surface area contributed by atoms with Crippen molar-refractivity contribution < 1.29 is 17.4 Å². The number of halogens is 1. The number of benzene rings is 1. The van der Waals surface area contributed by atoms with Gasteiger partial charge in [0.25, 0.3) is 5.91 Å². The molecule has 1 rings (SSSR count). The minimum Gasteiger partial charge on any atom is -0.351 e. The number of rotatable bonds is 6. The molecule has 9 heteroatoms. The van der Waals surface area contributed by atoms with Crippen LogP contribution in [0.15, 0.2) is 21.5 Å². The molecule has 0 saturated heterocycles. The predicted molar refractivity (Wildman–Crippen MR) is 86.1 cm³/mol. The molecule has 6 nitrogen and oxygen atoms in total. The SMILES string of the molecule is CCS(=O)CCNC(=O)c1cc(C)c(Br)c(S(N)(=O)=O)c1. The first-order valence-corrected chi connectivity index (χ1v) is 9.95. The van der Waals surface area contributed by atoms with Gasteiger partial charge in [-0.05, 0) is 40.5 Å². The van der Waals surface area contributed by atoms with Gasteiger partial charge in [0.15, 0.2) is 0 Å². The van der Waals surface area contributed by atoms with E-state index in [0.29, 0.717) is 21.5 Å². The number of nitrogens with one attached hydrogen (secondary N) is 1. The van der Waals surface area contributed by atoms with Gasteiger partial charge in [-0.2, -0.15) is 0 Å². The van der Waals surface area contributed by atoms with Crippen molar-refractivity contribution >= 4 is 42.7 Å². The second-order valence-electron chi connectivity index (χ2n) is 4.34. The van der Waals surface area contributed by atoms with Gasteiger partial charge in [0.05, 0.1) is 4.90 Å². The molecule has 1 unspecified atom stereocenters. The van der Waals surface area contributed by atoms with E-state index < -0.39 is 26.7 Å². The fraction of sp³-hybridized carbons (Fsp3) is 0.417. The van der Waals surface area contributed by atoms with E-state index in [1.165, 1.54) is 6.07 Å². The quantitative estimate of drug-likeness (QED) is 0.744. The number of hydrogen-bond acceptors (Lipinski definition) is 4. The summed E-state index contributed by atoms with van der Waals surface area (Å²) < 4.78 is 34.6. The average molecular weight is 397 g/mol. The summed E-state index contributed by atoms with van der Waals surface area (Å²) in [5.41, 5.74) is 0.783. The third-order valence-corrected chi connectivity index (χ3v) is 6.28. The Bertz CT molecular complexity index is 674. The molecule has 0 fully saturated rings. The predicted octanol–water partition coefficient (Wildman–Crippen LogP) is 0.903. The number of hydrogen-bond donors (Lipinski definition) is 2. The summed E-state index contributed by atoms with van der Waals surface area (Å²) in [6.45, 7) is 3.73. The second-order valence-corrected chi connectivity index (χ2v) is 8.53. The van der Waals surface area contributed by atoms with Crippen LogP contribution in [0.25, 0.3) is 0 Å². The third-order valence-electron chi connectivity index (χ3n) is 2.73. The van der Waals surface area contributed by atoms with E-state index in [-0.39, 0.29) is 17.0 Å². The smallest absolute Gasteiger partial charge is 0.251 e. The molecule has 0 saturated carbocycles. The van der Waals surface area contributed by atoms with Gasteiger partial charge in [0.2, 0.25) is 10.0 Å². The van der Waals surface area contributed by atoms with E-state index in [2.05, 4.69) is 21.2 Å². The molecule has 0 aromatic heterocycles. The molecule has 0 aliphatic carbocycles. The highest BCUT2D eigenvalue weighted by Gasteiger charge is 2.18. The number of amides is 1. The van der Waals surface area contributed by atoms with Gasteiger partial charge in [-0.25, -0.2) is 13.6 Å². The highest BCUT2D eigenvalue weighted by atomic mass is 79.9. The molecule has 21 heavy (non-hydrogen) atoms. The van der Waals surface area contributed by atoms with Crippen LogP contribution >= 0.6 is 15.9 Å². The zero-order chi connectivity index (χ0) is 16.2. The average Bonchev–Trinajstić information content (AvgIpc) is 2.39. The molecule has 1 aromatic rings. The van der Waals surface area contributed by atoms with E-state index in [9.17, 15) is 17.4 Å². The summed E-state index contributed by atoms with van der Waals surface area (Å²) in [7, 11) is -4.89. The van der Waals surface area contributed by atoms with Crippen LogP contribution in [0.5, 0.6) is 0 Å². The van der Waals surface area contributed by atoms with Crippen molar-refractivity contribution in [3.05, 3.63) is 27.7 Å². The number of carbonyl (C=O) groups excluding carboxylic acids is 1. The van der Waals surface area contributed by atoms with Crippen molar-refractivity contribution in [3.8, 4) is 0 Å². The molecular weight excluding hydrogens is 380 g/mol. The molecule has 1 amide bonds. The van der Waals surface area contributed by atoms with Crippen LogP contribution in [0.2, 0.25) is 0 Å². The molecule has 0 aliphatic rings. The lowest BCUT2D eigenvalue weighted by Crippen LogP contribution is -2.28. The summed E-state index contributed by atoms with van der Waals surface area (Å²) in [6, 6.07) is 2.78. The number of nitrogens with two attached hydrogens (primary N) is 1. The van der Waals surface area contributed by atoms with Crippen molar-refractivity contribution in [1.29, 1.82) is 0 Å². The van der Waals surface area contributed by atoms with Gasteiger partial charge in [-0.15, -0.1) is 0 Å². The van der Waals surface area contributed by atoms with E-state index in [1.807, 2.05) is 0 Å². The minimum atomic E-state index is -3.93. The summed E-state index contributed by atoms with van der Waals surface area (Å²) in [4.78, 5) is 11.9. The fourth-order valence-electron chi connectivity index (χ4n) is 1.60. The lowest BCUT2D eigenvalue weighted by molar-refractivity contribution is 0.0956. The van der Waals surface area contributed by atoms with Crippen LogP contribution in [0.4, 0.5) is 0 Å². The van der Waals surface area contributed by atoms with Crippen molar-refractivity contribution in [2.24, 2.45) is 5.14 Å². The van der Waals surface area contributed by atoms with Crippen LogP contribution in [-0.2, 0) is 20.8 Å². The maximum Gasteiger partial charge on any atom is 0.251 e. The van der Waals surface area contributed by atoms with E-state index in [1.54, 1.807) is 19.9 Å². The normalized spacial score (nSPS) is 13.0. The van der Waals surface area contributed by atoms with Gasteiger partial charge in [-0.1, -0.05) is 6.92 Å². The zero-order valence-electron chi connectivity index (χ0n) is 11.7. The number of aryl methyl sites for hydroxylation is 1. The Hall–Kier alpha value is -0.770. The van der Waals surface area contributed by atoms with Crippen LogP contribution in [0, 0.1) is 6.92 Å². The van der Waals surface area contributed by atoms with Gasteiger partial charge in [-0.3, -0.25) is 9.00 Å². The minimum absolute atomic E-state index is 0.134. The largest absolute Gasteiger partial charge is 0.351 e. The standard InChI is InChI=1S/C12H17BrN2O4S2/c1-3-20(17)5-4-15-12(16)9-6-8(2)11(13)10(7-9)21(14,18)19/h6-7H,3-5H2,1-2H3,(H,15,16)(H2,14,18,19). The molecule has 0 radical (unpaired) electrons. The van der Waals surface area contributed by atoms with E-state index in [4.69, 9.17) is 5.14 Å². The zero-order valence-corrected chi connectivity index (χ0v) is 14.9. The molecule has 118 valence electrons. The van der Waals surface area contributed by atoms with Crippen LogP contribution < -0.4 is 10.5 Å². The van der Waals surface area contributed by atoms with Gasteiger partial charge < -0.3 is 5.32 Å². The molecule has 0 heterocycles. The Morgan fingerprint density at radius 1 is 1.43 bits per heavy atom. The molecule has 0 bridgehead atoms. The summed E-state index contributed by atoms with van der Waals surface area (Å²) in [5, 5.41) is 7.73. The van der Waals surface area contributed by atoms with Crippen LogP contribution in [-0.4, -0.2) is 36.6 Å². The summed E-state index contributed by atoms with van der Waals surface area (Å²) in [5.74, 6) is 0.464.